The maximum Gasteiger partial charge on any atom is 0.309 e. The fraction of sp³-hybridized carbons (Fsp3) is 0.417. The zero-order valence-electron chi connectivity index (χ0n) is 9.52. The molecule has 0 bridgehead atoms. The maximum atomic E-state index is 13.4. The average Bonchev–Trinajstić information content (AvgIpc) is 2.15. The summed E-state index contributed by atoms with van der Waals surface area (Å²) in [6.07, 6.45) is -1.49. The molecule has 1 rings (SSSR count). The highest BCUT2D eigenvalue weighted by atomic mass is 19.1. The third-order valence-corrected chi connectivity index (χ3v) is 2.62. The van der Waals surface area contributed by atoms with Crippen molar-refractivity contribution in [2.24, 2.45) is 11.8 Å². The van der Waals surface area contributed by atoms with Gasteiger partial charge < -0.3 is 10.2 Å². The van der Waals surface area contributed by atoms with Gasteiger partial charge in [-0.3, -0.25) is 4.79 Å². The van der Waals surface area contributed by atoms with Gasteiger partial charge >= 0.3 is 5.97 Å². The Labute approximate surface area is 97.7 Å². The minimum absolute atomic E-state index is 0.201. The lowest BCUT2D eigenvalue weighted by Gasteiger charge is -2.23. The van der Waals surface area contributed by atoms with Gasteiger partial charge in [0.1, 0.15) is 11.6 Å². The van der Waals surface area contributed by atoms with Gasteiger partial charge in [-0.15, -0.1) is 0 Å². The lowest BCUT2D eigenvalue weighted by Crippen LogP contribution is -2.27. The van der Waals surface area contributed by atoms with E-state index in [9.17, 15) is 18.7 Å². The highest BCUT2D eigenvalue weighted by molar-refractivity contribution is 5.71. The van der Waals surface area contributed by atoms with E-state index in [1.54, 1.807) is 13.8 Å². The second-order valence-electron chi connectivity index (χ2n) is 4.22. The quantitative estimate of drug-likeness (QED) is 0.854. The van der Waals surface area contributed by atoms with Crippen molar-refractivity contribution in [1.29, 1.82) is 0 Å². The molecule has 0 saturated heterocycles. The number of aliphatic hydroxyl groups is 1. The molecule has 0 aromatic heterocycles. The molecule has 0 radical (unpaired) electrons. The molecule has 0 saturated carbocycles. The molecule has 5 heteroatoms. The molecule has 17 heavy (non-hydrogen) atoms. The Hall–Kier alpha value is -1.49. The molecule has 2 unspecified atom stereocenters. The molecule has 2 N–H and O–H groups in total. The monoisotopic (exact) mass is 244 g/mol. The van der Waals surface area contributed by atoms with Crippen molar-refractivity contribution < 1.29 is 23.8 Å². The molecule has 3 nitrogen and oxygen atoms in total. The van der Waals surface area contributed by atoms with Crippen LogP contribution in [0.25, 0.3) is 0 Å². The van der Waals surface area contributed by atoms with Gasteiger partial charge in [0.05, 0.1) is 12.0 Å². The first-order valence-corrected chi connectivity index (χ1v) is 5.20. The van der Waals surface area contributed by atoms with Crippen molar-refractivity contribution in [1.82, 2.24) is 0 Å². The predicted molar refractivity (Wildman–Crippen MR) is 57.3 cm³/mol. The van der Waals surface area contributed by atoms with Crippen molar-refractivity contribution in [2.45, 2.75) is 20.0 Å². The Morgan fingerprint density at radius 2 is 1.88 bits per heavy atom. The summed E-state index contributed by atoms with van der Waals surface area (Å²) < 4.78 is 26.1. The topological polar surface area (TPSA) is 57.5 Å². The molecule has 94 valence electrons. The zero-order chi connectivity index (χ0) is 13.2. The molecule has 1 aromatic carbocycles. The summed E-state index contributed by atoms with van der Waals surface area (Å²) in [5, 5.41) is 18.8. The number of rotatable bonds is 4. The van der Waals surface area contributed by atoms with Crippen LogP contribution in [0.2, 0.25) is 0 Å². The van der Waals surface area contributed by atoms with E-state index >= 15 is 0 Å². The second kappa shape index (κ2) is 5.23. The van der Waals surface area contributed by atoms with Crippen LogP contribution in [-0.2, 0) is 4.79 Å². The molecular formula is C12H14F2O3. The van der Waals surface area contributed by atoms with Gasteiger partial charge in [-0.2, -0.15) is 0 Å². The number of carboxylic acid groups (broad SMARTS) is 1. The average molecular weight is 244 g/mol. The summed E-state index contributed by atoms with van der Waals surface area (Å²) in [7, 11) is 0. The van der Waals surface area contributed by atoms with Crippen LogP contribution in [0.1, 0.15) is 25.5 Å². The van der Waals surface area contributed by atoms with Crippen LogP contribution in [0.4, 0.5) is 8.78 Å². The van der Waals surface area contributed by atoms with Crippen molar-refractivity contribution in [3.63, 3.8) is 0 Å². The molecule has 0 fully saturated rings. The highest BCUT2D eigenvalue weighted by Gasteiger charge is 2.32. The fourth-order valence-electron chi connectivity index (χ4n) is 1.72. The van der Waals surface area contributed by atoms with E-state index in [0.29, 0.717) is 6.07 Å². The van der Waals surface area contributed by atoms with E-state index in [4.69, 9.17) is 5.11 Å². The Balaban J connectivity index is 3.09. The third-order valence-electron chi connectivity index (χ3n) is 2.62. The van der Waals surface area contributed by atoms with Crippen LogP contribution in [-0.4, -0.2) is 16.2 Å². The summed E-state index contributed by atoms with van der Waals surface area (Å²) >= 11 is 0. The van der Waals surface area contributed by atoms with Gasteiger partial charge in [0, 0.05) is 11.6 Å². The molecule has 0 aliphatic rings. The number of hydrogen-bond acceptors (Lipinski definition) is 2. The largest absolute Gasteiger partial charge is 0.481 e. The highest BCUT2D eigenvalue weighted by Crippen LogP contribution is 2.30. The van der Waals surface area contributed by atoms with Crippen LogP contribution < -0.4 is 0 Å². The Bertz CT molecular complexity index is 418. The van der Waals surface area contributed by atoms with Crippen LogP contribution in [0.5, 0.6) is 0 Å². The number of carboxylic acids is 1. The number of aliphatic hydroxyl groups excluding tert-OH is 1. The second-order valence-corrected chi connectivity index (χ2v) is 4.22. The van der Waals surface area contributed by atoms with E-state index < -0.39 is 29.6 Å². The smallest absolute Gasteiger partial charge is 0.309 e. The van der Waals surface area contributed by atoms with Gasteiger partial charge in [0.2, 0.25) is 0 Å². The Kier molecular flexibility index (Phi) is 4.17. The Morgan fingerprint density at radius 3 is 2.29 bits per heavy atom. The van der Waals surface area contributed by atoms with Crippen molar-refractivity contribution >= 4 is 5.97 Å². The first kappa shape index (κ1) is 13.6. The van der Waals surface area contributed by atoms with E-state index in [1.807, 2.05) is 0 Å². The van der Waals surface area contributed by atoms with Crippen molar-refractivity contribution in [3.05, 3.63) is 35.4 Å². The van der Waals surface area contributed by atoms with Gasteiger partial charge in [-0.25, -0.2) is 8.78 Å². The molecular weight excluding hydrogens is 230 g/mol. The number of hydrogen-bond donors (Lipinski definition) is 2. The normalized spacial score (nSPS) is 14.7. The Morgan fingerprint density at radius 1 is 1.29 bits per heavy atom. The fourth-order valence-corrected chi connectivity index (χ4v) is 1.72. The van der Waals surface area contributed by atoms with Gasteiger partial charge in [0.15, 0.2) is 0 Å². The predicted octanol–water partition coefficient (Wildman–Crippen LogP) is 2.36. The van der Waals surface area contributed by atoms with Crippen molar-refractivity contribution in [2.75, 3.05) is 0 Å². The zero-order valence-corrected chi connectivity index (χ0v) is 9.52. The van der Waals surface area contributed by atoms with Gasteiger partial charge in [0.25, 0.3) is 0 Å². The van der Waals surface area contributed by atoms with E-state index in [-0.39, 0.29) is 11.5 Å². The number of halogens is 2. The molecule has 2 atom stereocenters. The molecule has 0 aliphatic heterocycles. The summed E-state index contributed by atoms with van der Waals surface area (Å²) in [4.78, 5) is 11.0. The van der Waals surface area contributed by atoms with Gasteiger partial charge in [-0.1, -0.05) is 19.9 Å². The first-order chi connectivity index (χ1) is 7.84. The SMILES string of the molecule is CC(C)C(C(=O)O)C(O)c1ccc(F)cc1F. The molecule has 0 heterocycles. The van der Waals surface area contributed by atoms with Gasteiger partial charge in [-0.05, 0) is 12.0 Å². The number of benzene rings is 1. The van der Waals surface area contributed by atoms with Crippen LogP contribution in [0.3, 0.4) is 0 Å². The summed E-state index contributed by atoms with van der Waals surface area (Å²) in [6.45, 7) is 3.23. The summed E-state index contributed by atoms with van der Waals surface area (Å²) in [5.74, 6) is -4.42. The van der Waals surface area contributed by atoms with E-state index in [1.165, 1.54) is 0 Å². The van der Waals surface area contributed by atoms with Crippen LogP contribution >= 0.6 is 0 Å². The number of aliphatic carboxylic acids is 1. The first-order valence-electron chi connectivity index (χ1n) is 5.20. The summed E-state index contributed by atoms with van der Waals surface area (Å²) in [6, 6.07) is 2.67. The minimum Gasteiger partial charge on any atom is -0.481 e. The minimum atomic E-state index is -1.49. The third kappa shape index (κ3) is 3.00. The van der Waals surface area contributed by atoms with E-state index in [0.717, 1.165) is 12.1 Å². The maximum absolute atomic E-state index is 13.4. The molecule has 0 amide bonds. The summed E-state index contributed by atoms with van der Waals surface area (Å²) in [5.41, 5.74) is -0.201. The number of carbonyl (C=O) groups is 1. The molecule has 0 aliphatic carbocycles. The lowest BCUT2D eigenvalue weighted by molar-refractivity contribution is -0.148. The molecule has 1 aromatic rings. The van der Waals surface area contributed by atoms with Crippen LogP contribution in [0, 0.1) is 23.5 Å². The van der Waals surface area contributed by atoms with E-state index in [2.05, 4.69) is 0 Å². The van der Waals surface area contributed by atoms with Crippen molar-refractivity contribution in [3.8, 4) is 0 Å². The lowest BCUT2D eigenvalue weighted by atomic mass is 9.86. The molecule has 0 spiro atoms. The van der Waals surface area contributed by atoms with Crippen LogP contribution in [0.15, 0.2) is 18.2 Å². The standard InChI is InChI=1S/C12H14F2O3/c1-6(2)10(12(16)17)11(15)8-4-3-7(13)5-9(8)14/h3-6,10-11,15H,1-2H3,(H,16,17).